The van der Waals surface area contributed by atoms with Crippen LogP contribution in [0.2, 0.25) is 0 Å². The molecule has 0 saturated carbocycles. The van der Waals surface area contributed by atoms with E-state index < -0.39 is 10.0 Å². The molecule has 1 saturated heterocycles. The van der Waals surface area contributed by atoms with E-state index in [0.717, 1.165) is 11.3 Å². The van der Waals surface area contributed by atoms with Crippen LogP contribution in [-0.4, -0.2) is 76.3 Å². The van der Waals surface area contributed by atoms with Gasteiger partial charge < -0.3 is 14.4 Å². The third kappa shape index (κ3) is 6.30. The Kier molecular flexibility index (Phi) is 7.22. The summed E-state index contributed by atoms with van der Waals surface area (Å²) in [5.41, 5.74) is 1.02. The SMILES string of the molecule is COc1ccc(CCN(CCC(=O)N2CCOCC2)S(C)(=O)=O)cc1. The smallest absolute Gasteiger partial charge is 0.224 e. The molecule has 0 atom stereocenters. The summed E-state index contributed by atoms with van der Waals surface area (Å²) < 4.78 is 35.7. The van der Waals surface area contributed by atoms with Gasteiger partial charge in [0.2, 0.25) is 15.9 Å². The van der Waals surface area contributed by atoms with Crippen LogP contribution in [0.3, 0.4) is 0 Å². The van der Waals surface area contributed by atoms with E-state index in [9.17, 15) is 13.2 Å². The van der Waals surface area contributed by atoms with Crippen LogP contribution < -0.4 is 4.74 Å². The Bertz CT molecular complexity index is 654. The van der Waals surface area contributed by atoms with Crippen LogP contribution in [0.1, 0.15) is 12.0 Å². The van der Waals surface area contributed by atoms with E-state index in [2.05, 4.69) is 0 Å². The molecule has 140 valence electrons. The Morgan fingerprint density at radius 3 is 2.40 bits per heavy atom. The quantitative estimate of drug-likeness (QED) is 0.675. The average Bonchev–Trinajstić information content (AvgIpc) is 2.61. The maximum absolute atomic E-state index is 12.2. The molecule has 2 rings (SSSR count). The summed E-state index contributed by atoms with van der Waals surface area (Å²) in [6.45, 7) is 2.78. The first-order chi connectivity index (χ1) is 11.9. The summed E-state index contributed by atoms with van der Waals surface area (Å²) in [4.78, 5) is 13.9. The van der Waals surface area contributed by atoms with Crippen molar-refractivity contribution in [2.24, 2.45) is 0 Å². The number of sulfonamides is 1. The number of hydrogen-bond acceptors (Lipinski definition) is 5. The second-order valence-corrected chi connectivity index (χ2v) is 7.99. The maximum Gasteiger partial charge on any atom is 0.224 e. The van der Waals surface area contributed by atoms with E-state index in [1.165, 1.54) is 10.6 Å². The van der Waals surface area contributed by atoms with E-state index in [-0.39, 0.29) is 18.9 Å². The van der Waals surface area contributed by atoms with Gasteiger partial charge in [0.15, 0.2) is 0 Å². The fourth-order valence-electron chi connectivity index (χ4n) is 2.68. The minimum atomic E-state index is -3.36. The summed E-state index contributed by atoms with van der Waals surface area (Å²) in [6.07, 6.45) is 1.96. The van der Waals surface area contributed by atoms with Crippen molar-refractivity contribution in [1.29, 1.82) is 0 Å². The van der Waals surface area contributed by atoms with E-state index in [0.29, 0.717) is 39.3 Å². The Morgan fingerprint density at radius 2 is 1.84 bits per heavy atom. The molecular formula is C17H26N2O5S. The van der Waals surface area contributed by atoms with Crippen LogP contribution >= 0.6 is 0 Å². The Labute approximate surface area is 149 Å². The van der Waals surface area contributed by atoms with Gasteiger partial charge in [0.1, 0.15) is 5.75 Å². The van der Waals surface area contributed by atoms with Gasteiger partial charge in [0.25, 0.3) is 0 Å². The summed E-state index contributed by atoms with van der Waals surface area (Å²) in [5, 5.41) is 0. The summed E-state index contributed by atoms with van der Waals surface area (Å²) in [7, 11) is -1.76. The molecule has 1 amide bonds. The summed E-state index contributed by atoms with van der Waals surface area (Å²) >= 11 is 0. The van der Waals surface area contributed by atoms with Crippen LogP contribution in [0.15, 0.2) is 24.3 Å². The molecule has 1 aliphatic rings. The van der Waals surface area contributed by atoms with Crippen molar-refractivity contribution in [3.63, 3.8) is 0 Å². The number of benzene rings is 1. The number of ether oxygens (including phenoxy) is 2. The van der Waals surface area contributed by atoms with Crippen molar-refractivity contribution < 1.29 is 22.7 Å². The predicted octanol–water partition coefficient (Wildman–Crippen LogP) is 0.748. The van der Waals surface area contributed by atoms with Gasteiger partial charge in [-0.05, 0) is 24.1 Å². The first kappa shape index (κ1) is 19.7. The number of rotatable bonds is 8. The number of carbonyl (C=O) groups is 1. The highest BCUT2D eigenvalue weighted by atomic mass is 32.2. The highest BCUT2D eigenvalue weighted by Crippen LogP contribution is 2.13. The normalized spacial score (nSPS) is 15.4. The molecule has 8 heteroatoms. The number of hydrogen-bond donors (Lipinski definition) is 0. The summed E-state index contributed by atoms with van der Waals surface area (Å²) in [6, 6.07) is 7.53. The largest absolute Gasteiger partial charge is 0.497 e. The van der Waals surface area contributed by atoms with E-state index >= 15 is 0 Å². The zero-order chi connectivity index (χ0) is 18.3. The fourth-order valence-corrected chi connectivity index (χ4v) is 3.53. The second kappa shape index (κ2) is 9.17. The lowest BCUT2D eigenvalue weighted by Gasteiger charge is -2.28. The van der Waals surface area contributed by atoms with Crippen LogP contribution in [0.4, 0.5) is 0 Å². The van der Waals surface area contributed by atoms with Crippen LogP contribution in [-0.2, 0) is 26.0 Å². The molecule has 25 heavy (non-hydrogen) atoms. The van der Waals surface area contributed by atoms with E-state index in [4.69, 9.17) is 9.47 Å². The van der Waals surface area contributed by atoms with Crippen molar-refractivity contribution in [2.45, 2.75) is 12.8 Å². The molecule has 1 aliphatic heterocycles. The molecule has 1 aromatic carbocycles. The zero-order valence-electron chi connectivity index (χ0n) is 14.8. The first-order valence-corrected chi connectivity index (χ1v) is 10.2. The number of methoxy groups -OCH3 is 1. The molecule has 0 radical (unpaired) electrons. The number of morpholine rings is 1. The van der Waals surface area contributed by atoms with Crippen molar-refractivity contribution in [3.8, 4) is 5.75 Å². The van der Waals surface area contributed by atoms with Crippen molar-refractivity contribution in [2.75, 3.05) is 52.8 Å². The third-order valence-corrected chi connectivity index (χ3v) is 5.52. The van der Waals surface area contributed by atoms with Crippen molar-refractivity contribution in [1.82, 2.24) is 9.21 Å². The minimum Gasteiger partial charge on any atom is -0.497 e. The lowest BCUT2D eigenvalue weighted by atomic mass is 10.1. The van der Waals surface area contributed by atoms with Gasteiger partial charge in [0.05, 0.1) is 26.6 Å². The molecule has 1 fully saturated rings. The average molecular weight is 370 g/mol. The molecule has 0 aromatic heterocycles. The lowest BCUT2D eigenvalue weighted by molar-refractivity contribution is -0.135. The van der Waals surface area contributed by atoms with Crippen molar-refractivity contribution >= 4 is 15.9 Å². The molecule has 0 aliphatic carbocycles. The molecule has 0 spiro atoms. The molecule has 7 nitrogen and oxygen atoms in total. The number of amides is 1. The number of carbonyl (C=O) groups excluding carboxylic acids is 1. The standard InChI is InChI=1S/C17H26N2O5S/c1-23-16-5-3-15(4-6-16)7-9-19(25(2,21)22)10-8-17(20)18-11-13-24-14-12-18/h3-6H,7-14H2,1-2H3. The van der Waals surface area contributed by atoms with Gasteiger partial charge in [-0.3, -0.25) is 4.79 Å². The Hall–Kier alpha value is -1.64. The van der Waals surface area contributed by atoms with Crippen LogP contribution in [0.5, 0.6) is 5.75 Å². The van der Waals surface area contributed by atoms with Gasteiger partial charge in [0, 0.05) is 32.6 Å². The first-order valence-electron chi connectivity index (χ1n) is 8.33. The predicted molar refractivity (Wildman–Crippen MR) is 95.1 cm³/mol. The second-order valence-electron chi connectivity index (χ2n) is 6.00. The fraction of sp³-hybridized carbons (Fsp3) is 0.588. The molecule has 0 unspecified atom stereocenters. The molecule has 1 aromatic rings. The molecule has 1 heterocycles. The van der Waals surface area contributed by atoms with Gasteiger partial charge in [-0.25, -0.2) is 12.7 Å². The van der Waals surface area contributed by atoms with Crippen LogP contribution in [0, 0.1) is 0 Å². The minimum absolute atomic E-state index is 0.0265. The summed E-state index contributed by atoms with van der Waals surface area (Å²) in [5.74, 6) is 0.737. The number of nitrogens with zero attached hydrogens (tertiary/aromatic N) is 2. The highest BCUT2D eigenvalue weighted by Gasteiger charge is 2.21. The third-order valence-electron chi connectivity index (χ3n) is 4.22. The topological polar surface area (TPSA) is 76.2 Å². The highest BCUT2D eigenvalue weighted by molar-refractivity contribution is 7.88. The van der Waals surface area contributed by atoms with Gasteiger partial charge in [-0.2, -0.15) is 0 Å². The Morgan fingerprint density at radius 1 is 1.20 bits per heavy atom. The van der Waals surface area contributed by atoms with Crippen molar-refractivity contribution in [3.05, 3.63) is 29.8 Å². The monoisotopic (exact) mass is 370 g/mol. The van der Waals surface area contributed by atoms with E-state index in [1.807, 2.05) is 24.3 Å². The lowest BCUT2D eigenvalue weighted by Crippen LogP contribution is -2.42. The Balaban J connectivity index is 1.88. The molecule has 0 N–H and O–H groups in total. The van der Waals surface area contributed by atoms with Gasteiger partial charge >= 0.3 is 0 Å². The molecule has 0 bridgehead atoms. The van der Waals surface area contributed by atoms with Crippen LogP contribution in [0.25, 0.3) is 0 Å². The van der Waals surface area contributed by atoms with E-state index in [1.54, 1.807) is 12.0 Å². The maximum atomic E-state index is 12.2. The molecular weight excluding hydrogens is 344 g/mol. The zero-order valence-corrected chi connectivity index (χ0v) is 15.6. The van der Waals surface area contributed by atoms with Gasteiger partial charge in [-0.15, -0.1) is 0 Å². The van der Waals surface area contributed by atoms with Gasteiger partial charge in [-0.1, -0.05) is 12.1 Å².